The summed E-state index contributed by atoms with van der Waals surface area (Å²) < 4.78 is 3.40. The molecule has 4 aromatic rings. The molecule has 148 valence electrons. The maximum atomic E-state index is 13.4. The maximum Gasteiger partial charge on any atom is 0.270 e. The van der Waals surface area contributed by atoms with Gasteiger partial charge in [0.2, 0.25) is 0 Å². The normalized spacial score (nSPS) is 16.9. The van der Waals surface area contributed by atoms with E-state index in [-0.39, 0.29) is 17.5 Å². The Balaban J connectivity index is 1.58. The second kappa shape index (κ2) is 6.84. The predicted octanol–water partition coefficient (Wildman–Crippen LogP) is 1.74. The minimum absolute atomic E-state index is 0.0734. The molecule has 5 heterocycles. The van der Waals surface area contributed by atoms with Gasteiger partial charge < -0.3 is 9.47 Å². The Bertz CT molecular complexity index is 1260. The summed E-state index contributed by atoms with van der Waals surface area (Å²) in [5.41, 5.74) is 1.49. The van der Waals surface area contributed by atoms with Crippen molar-refractivity contribution in [2.24, 2.45) is 0 Å². The topological polar surface area (TPSA) is 90.3 Å². The first-order valence-corrected chi connectivity index (χ1v) is 9.83. The molecule has 0 aromatic carbocycles. The van der Waals surface area contributed by atoms with E-state index in [0.29, 0.717) is 42.0 Å². The molecular weight excluding hydrogens is 370 g/mol. The van der Waals surface area contributed by atoms with Crippen LogP contribution in [-0.2, 0) is 6.54 Å². The van der Waals surface area contributed by atoms with Crippen LogP contribution in [0.1, 0.15) is 36.3 Å². The third-order valence-electron chi connectivity index (χ3n) is 5.46. The number of hydrogen-bond acceptors (Lipinski definition) is 5. The molecule has 0 radical (unpaired) electrons. The number of likely N-dealkylation sites (tertiary alicyclic amines) is 1. The zero-order valence-electron chi connectivity index (χ0n) is 16.1. The minimum Gasteiger partial charge on any atom is -0.335 e. The van der Waals surface area contributed by atoms with Crippen molar-refractivity contribution in [3.8, 4) is 0 Å². The van der Waals surface area contributed by atoms with Crippen molar-refractivity contribution in [2.75, 3.05) is 13.1 Å². The number of amides is 1. The molecule has 0 N–H and O–H groups in total. The fraction of sp³-hybridized carbons (Fsp3) is 0.350. The smallest absolute Gasteiger partial charge is 0.270 e. The van der Waals surface area contributed by atoms with Crippen molar-refractivity contribution in [1.29, 1.82) is 0 Å². The van der Waals surface area contributed by atoms with E-state index in [1.54, 1.807) is 41.6 Å². The fourth-order valence-corrected chi connectivity index (χ4v) is 4.07. The van der Waals surface area contributed by atoms with Gasteiger partial charge in [-0.15, -0.1) is 0 Å². The minimum atomic E-state index is -0.158. The second-order valence-electron chi connectivity index (χ2n) is 7.31. The first kappa shape index (κ1) is 17.6. The monoisotopic (exact) mass is 391 g/mol. The summed E-state index contributed by atoms with van der Waals surface area (Å²) >= 11 is 0. The van der Waals surface area contributed by atoms with Crippen LogP contribution in [0, 0.1) is 0 Å². The van der Waals surface area contributed by atoms with Gasteiger partial charge in [-0.05, 0) is 31.0 Å². The van der Waals surface area contributed by atoms with Gasteiger partial charge in [0, 0.05) is 25.8 Å². The molecule has 1 aliphatic heterocycles. The van der Waals surface area contributed by atoms with Gasteiger partial charge in [0.1, 0.15) is 17.0 Å². The van der Waals surface area contributed by atoms with Crippen LogP contribution in [0.4, 0.5) is 0 Å². The number of carbonyl (C=O) groups is 1. The lowest BCUT2D eigenvalue weighted by Crippen LogP contribution is -2.31. The highest BCUT2D eigenvalue weighted by Crippen LogP contribution is 2.24. The predicted molar refractivity (Wildman–Crippen MR) is 107 cm³/mol. The molecule has 4 aromatic heterocycles. The van der Waals surface area contributed by atoms with Crippen LogP contribution in [0.3, 0.4) is 0 Å². The van der Waals surface area contributed by atoms with Gasteiger partial charge in [0.25, 0.3) is 11.5 Å². The molecule has 0 saturated carbocycles. The Kier molecular flexibility index (Phi) is 4.15. The number of hydrogen-bond donors (Lipinski definition) is 0. The van der Waals surface area contributed by atoms with Crippen LogP contribution in [0.25, 0.3) is 16.7 Å². The summed E-state index contributed by atoms with van der Waals surface area (Å²) in [6, 6.07) is 7.21. The second-order valence-corrected chi connectivity index (χ2v) is 7.31. The lowest BCUT2D eigenvalue weighted by molar-refractivity contribution is 0.0775. The summed E-state index contributed by atoms with van der Waals surface area (Å²) in [7, 11) is 0. The van der Waals surface area contributed by atoms with Crippen molar-refractivity contribution in [2.45, 2.75) is 32.4 Å². The molecule has 0 aliphatic carbocycles. The number of pyridine rings is 1. The molecule has 5 rings (SSSR count). The van der Waals surface area contributed by atoms with Crippen molar-refractivity contribution in [3.05, 3.63) is 58.9 Å². The Morgan fingerprint density at radius 1 is 1.24 bits per heavy atom. The molecule has 1 atom stereocenters. The molecule has 29 heavy (non-hydrogen) atoms. The zero-order chi connectivity index (χ0) is 20.0. The van der Waals surface area contributed by atoms with E-state index in [1.807, 2.05) is 22.5 Å². The molecular formula is C20H21N7O2. The highest BCUT2D eigenvalue weighted by Gasteiger charge is 2.31. The van der Waals surface area contributed by atoms with Gasteiger partial charge in [0.15, 0.2) is 0 Å². The summed E-state index contributed by atoms with van der Waals surface area (Å²) in [6.07, 6.45) is 6.63. The van der Waals surface area contributed by atoms with Gasteiger partial charge in [-0.1, -0.05) is 13.0 Å². The molecule has 1 saturated heterocycles. The largest absolute Gasteiger partial charge is 0.335 e. The SMILES string of the molecule is CCCn1c(C(=O)N2CCC(n3nccn3)C2)cc2c(=O)n3ccccc3nc21. The lowest BCUT2D eigenvalue weighted by atomic mass is 10.3. The highest BCUT2D eigenvalue weighted by atomic mass is 16.2. The molecule has 1 aliphatic rings. The van der Waals surface area contributed by atoms with E-state index in [4.69, 9.17) is 0 Å². The Labute approximate surface area is 166 Å². The molecule has 1 amide bonds. The zero-order valence-corrected chi connectivity index (χ0v) is 16.1. The van der Waals surface area contributed by atoms with Gasteiger partial charge >= 0.3 is 0 Å². The van der Waals surface area contributed by atoms with Crippen LogP contribution in [0.15, 0.2) is 47.7 Å². The molecule has 9 nitrogen and oxygen atoms in total. The summed E-state index contributed by atoms with van der Waals surface area (Å²) in [5, 5.41) is 8.86. The first-order chi connectivity index (χ1) is 14.2. The van der Waals surface area contributed by atoms with Gasteiger partial charge in [-0.2, -0.15) is 15.0 Å². The number of fused-ring (bicyclic) bond motifs is 2. The number of aromatic nitrogens is 6. The van der Waals surface area contributed by atoms with Crippen LogP contribution in [0.5, 0.6) is 0 Å². The Morgan fingerprint density at radius 2 is 2.07 bits per heavy atom. The number of rotatable bonds is 4. The number of aryl methyl sites for hydroxylation is 1. The van der Waals surface area contributed by atoms with E-state index in [9.17, 15) is 9.59 Å². The summed E-state index contributed by atoms with van der Waals surface area (Å²) in [5.74, 6) is -0.0837. The lowest BCUT2D eigenvalue weighted by Gasteiger charge is -2.17. The molecule has 9 heteroatoms. The quantitative estimate of drug-likeness (QED) is 0.529. The summed E-state index contributed by atoms with van der Waals surface area (Å²) in [6.45, 7) is 3.85. The van der Waals surface area contributed by atoms with Crippen LogP contribution >= 0.6 is 0 Å². The average Bonchev–Trinajstić information content (AvgIpc) is 3.48. The third-order valence-corrected chi connectivity index (χ3v) is 5.46. The summed E-state index contributed by atoms with van der Waals surface area (Å²) in [4.78, 5) is 34.5. The van der Waals surface area contributed by atoms with Crippen molar-refractivity contribution < 1.29 is 4.79 Å². The van der Waals surface area contributed by atoms with Crippen LogP contribution in [0.2, 0.25) is 0 Å². The van der Waals surface area contributed by atoms with E-state index in [1.165, 1.54) is 4.40 Å². The van der Waals surface area contributed by atoms with Gasteiger partial charge in [-0.25, -0.2) is 4.98 Å². The van der Waals surface area contributed by atoms with E-state index in [2.05, 4.69) is 15.2 Å². The van der Waals surface area contributed by atoms with Crippen LogP contribution in [-0.4, -0.2) is 52.8 Å². The Hall–Kier alpha value is -3.49. The molecule has 1 fully saturated rings. The van der Waals surface area contributed by atoms with Crippen molar-refractivity contribution >= 4 is 22.6 Å². The van der Waals surface area contributed by atoms with Crippen LogP contribution < -0.4 is 5.56 Å². The molecule has 0 spiro atoms. The third kappa shape index (κ3) is 2.81. The number of nitrogens with zero attached hydrogens (tertiary/aromatic N) is 7. The van der Waals surface area contributed by atoms with E-state index < -0.39 is 0 Å². The Morgan fingerprint density at radius 3 is 2.86 bits per heavy atom. The highest BCUT2D eigenvalue weighted by molar-refractivity contribution is 5.98. The average molecular weight is 391 g/mol. The first-order valence-electron chi connectivity index (χ1n) is 9.83. The fourth-order valence-electron chi connectivity index (χ4n) is 4.07. The maximum absolute atomic E-state index is 13.4. The van der Waals surface area contributed by atoms with Gasteiger partial charge in [-0.3, -0.25) is 14.0 Å². The van der Waals surface area contributed by atoms with E-state index >= 15 is 0 Å². The van der Waals surface area contributed by atoms with Crippen molar-refractivity contribution in [3.63, 3.8) is 0 Å². The number of carbonyl (C=O) groups excluding carboxylic acids is 1. The van der Waals surface area contributed by atoms with Crippen molar-refractivity contribution in [1.82, 2.24) is 33.8 Å². The van der Waals surface area contributed by atoms with E-state index in [0.717, 1.165) is 12.8 Å². The standard InChI is InChI=1S/C20H21N7O2/c1-2-9-25-16(20(29)24-11-6-14(13-24)27-21-7-8-22-27)12-15-18(25)23-17-5-3-4-10-26(17)19(15)28/h3-5,7-8,10,12,14H,2,6,9,11,13H2,1H3. The molecule has 1 unspecified atom stereocenters. The van der Waals surface area contributed by atoms with Gasteiger partial charge in [0.05, 0.1) is 23.8 Å². The molecule has 0 bridgehead atoms.